The molecule has 0 aromatic heterocycles. The molecule has 1 aliphatic rings. The number of rotatable bonds is 7. The standard InChI is InChI=1S/C15H22ClNO3/c1-11-12(6-7-19-11)8-17-9-14(18)10-20-15-4-2-13(16)3-5-15/h2-5,11-12,14,17-18H,6-10H2,1H3. The fourth-order valence-electron chi connectivity index (χ4n) is 2.26. The number of hydrogen-bond acceptors (Lipinski definition) is 4. The van der Waals surface area contributed by atoms with Gasteiger partial charge in [0.1, 0.15) is 18.5 Å². The molecule has 0 radical (unpaired) electrons. The molecule has 1 aromatic carbocycles. The molecule has 3 unspecified atom stereocenters. The number of nitrogens with one attached hydrogen (secondary N) is 1. The zero-order valence-electron chi connectivity index (χ0n) is 11.7. The minimum absolute atomic E-state index is 0.269. The molecule has 2 N–H and O–H groups in total. The molecule has 2 rings (SSSR count). The summed E-state index contributed by atoms with van der Waals surface area (Å²) in [6.07, 6.45) is 0.874. The predicted molar refractivity (Wildman–Crippen MR) is 79.3 cm³/mol. The predicted octanol–water partition coefficient (Wildman–Crippen LogP) is 2.09. The Bertz CT molecular complexity index is 399. The lowest BCUT2D eigenvalue weighted by Crippen LogP contribution is -2.35. The molecule has 0 bridgehead atoms. The van der Waals surface area contributed by atoms with Crippen LogP contribution in [0.3, 0.4) is 0 Å². The summed E-state index contributed by atoms with van der Waals surface area (Å²) in [5.41, 5.74) is 0. The summed E-state index contributed by atoms with van der Waals surface area (Å²) in [6.45, 7) is 4.61. The molecule has 20 heavy (non-hydrogen) atoms. The Morgan fingerprint density at radius 1 is 1.45 bits per heavy atom. The number of aliphatic hydroxyl groups excluding tert-OH is 1. The number of aliphatic hydroxyl groups is 1. The van der Waals surface area contributed by atoms with Gasteiger partial charge in [0, 0.05) is 24.7 Å². The number of benzene rings is 1. The number of ether oxygens (including phenoxy) is 2. The monoisotopic (exact) mass is 299 g/mol. The highest BCUT2D eigenvalue weighted by Crippen LogP contribution is 2.19. The van der Waals surface area contributed by atoms with Crippen LogP contribution in [-0.4, -0.2) is 43.6 Å². The van der Waals surface area contributed by atoms with Crippen LogP contribution in [0.2, 0.25) is 5.02 Å². The first-order valence-corrected chi connectivity index (χ1v) is 7.41. The largest absolute Gasteiger partial charge is 0.491 e. The SMILES string of the molecule is CC1OCCC1CNCC(O)COc1ccc(Cl)cc1. The van der Waals surface area contributed by atoms with Crippen LogP contribution in [0.4, 0.5) is 0 Å². The first-order chi connectivity index (χ1) is 9.65. The van der Waals surface area contributed by atoms with E-state index in [0.717, 1.165) is 19.6 Å². The zero-order valence-corrected chi connectivity index (χ0v) is 12.5. The van der Waals surface area contributed by atoms with Gasteiger partial charge in [-0.1, -0.05) is 11.6 Å². The molecule has 0 spiro atoms. The Labute approximate surface area is 125 Å². The Hall–Kier alpha value is -0.810. The van der Waals surface area contributed by atoms with Gasteiger partial charge in [-0.15, -0.1) is 0 Å². The van der Waals surface area contributed by atoms with Crippen LogP contribution in [0.15, 0.2) is 24.3 Å². The molecular weight excluding hydrogens is 278 g/mol. The van der Waals surface area contributed by atoms with E-state index in [2.05, 4.69) is 12.2 Å². The Balaban J connectivity index is 1.60. The lowest BCUT2D eigenvalue weighted by molar-refractivity contribution is 0.0946. The van der Waals surface area contributed by atoms with Crippen molar-refractivity contribution in [3.8, 4) is 5.75 Å². The lowest BCUT2D eigenvalue weighted by atomic mass is 10.0. The third kappa shape index (κ3) is 4.94. The van der Waals surface area contributed by atoms with Crippen molar-refractivity contribution in [3.63, 3.8) is 0 Å². The number of hydrogen-bond donors (Lipinski definition) is 2. The van der Waals surface area contributed by atoms with Gasteiger partial charge >= 0.3 is 0 Å². The van der Waals surface area contributed by atoms with Crippen LogP contribution < -0.4 is 10.1 Å². The third-order valence-corrected chi connectivity index (χ3v) is 3.83. The van der Waals surface area contributed by atoms with Gasteiger partial charge in [-0.3, -0.25) is 0 Å². The number of halogens is 1. The summed E-state index contributed by atoms with van der Waals surface area (Å²) in [6, 6.07) is 7.12. The minimum atomic E-state index is -0.525. The first kappa shape index (κ1) is 15.6. The van der Waals surface area contributed by atoms with Gasteiger partial charge in [-0.05, 0) is 43.5 Å². The fraction of sp³-hybridized carbons (Fsp3) is 0.600. The topological polar surface area (TPSA) is 50.7 Å². The molecule has 1 heterocycles. The van der Waals surface area contributed by atoms with Crippen LogP contribution in [0.25, 0.3) is 0 Å². The summed E-state index contributed by atoms with van der Waals surface area (Å²) in [5.74, 6) is 1.26. The molecular formula is C15H22ClNO3. The second-order valence-electron chi connectivity index (χ2n) is 5.20. The van der Waals surface area contributed by atoms with E-state index in [9.17, 15) is 5.11 Å². The second-order valence-corrected chi connectivity index (χ2v) is 5.64. The molecule has 4 nitrogen and oxygen atoms in total. The quantitative estimate of drug-likeness (QED) is 0.809. The molecule has 1 aromatic rings. The van der Waals surface area contributed by atoms with E-state index in [4.69, 9.17) is 21.1 Å². The Morgan fingerprint density at radius 3 is 2.85 bits per heavy atom. The zero-order chi connectivity index (χ0) is 14.4. The lowest BCUT2D eigenvalue weighted by Gasteiger charge is -2.17. The van der Waals surface area contributed by atoms with Crippen molar-refractivity contribution in [2.24, 2.45) is 5.92 Å². The van der Waals surface area contributed by atoms with Crippen molar-refractivity contribution in [1.29, 1.82) is 0 Å². The molecule has 0 saturated carbocycles. The van der Waals surface area contributed by atoms with E-state index in [0.29, 0.717) is 29.3 Å². The van der Waals surface area contributed by atoms with E-state index in [1.54, 1.807) is 24.3 Å². The van der Waals surface area contributed by atoms with Crippen LogP contribution in [0.1, 0.15) is 13.3 Å². The third-order valence-electron chi connectivity index (χ3n) is 3.58. The highest BCUT2D eigenvalue weighted by Gasteiger charge is 2.23. The van der Waals surface area contributed by atoms with Crippen molar-refractivity contribution >= 4 is 11.6 Å². The van der Waals surface area contributed by atoms with Crippen LogP contribution in [0, 0.1) is 5.92 Å². The van der Waals surface area contributed by atoms with Crippen molar-refractivity contribution in [2.45, 2.75) is 25.6 Å². The Morgan fingerprint density at radius 2 is 2.20 bits per heavy atom. The minimum Gasteiger partial charge on any atom is -0.491 e. The molecule has 1 saturated heterocycles. The molecule has 112 valence electrons. The van der Waals surface area contributed by atoms with E-state index >= 15 is 0 Å². The van der Waals surface area contributed by atoms with Crippen molar-refractivity contribution in [1.82, 2.24) is 5.32 Å². The summed E-state index contributed by atoms with van der Waals surface area (Å²) < 4.78 is 11.0. The van der Waals surface area contributed by atoms with Gasteiger partial charge in [0.2, 0.25) is 0 Å². The van der Waals surface area contributed by atoms with Gasteiger partial charge in [-0.25, -0.2) is 0 Å². The maximum absolute atomic E-state index is 9.86. The fourth-order valence-corrected chi connectivity index (χ4v) is 2.39. The Kier molecular flexibility index (Phi) is 6.10. The van der Waals surface area contributed by atoms with Crippen LogP contribution in [-0.2, 0) is 4.74 Å². The summed E-state index contributed by atoms with van der Waals surface area (Å²) >= 11 is 5.79. The van der Waals surface area contributed by atoms with Crippen LogP contribution >= 0.6 is 11.6 Å². The normalized spacial score (nSPS) is 23.8. The highest BCUT2D eigenvalue weighted by atomic mass is 35.5. The van der Waals surface area contributed by atoms with Crippen molar-refractivity contribution in [2.75, 3.05) is 26.3 Å². The van der Waals surface area contributed by atoms with Gasteiger partial charge in [-0.2, -0.15) is 0 Å². The van der Waals surface area contributed by atoms with Gasteiger partial charge in [0.15, 0.2) is 0 Å². The molecule has 0 aliphatic carbocycles. The van der Waals surface area contributed by atoms with Crippen LogP contribution in [0.5, 0.6) is 5.75 Å². The summed E-state index contributed by atoms with van der Waals surface area (Å²) in [7, 11) is 0. The van der Waals surface area contributed by atoms with Crippen molar-refractivity contribution in [3.05, 3.63) is 29.3 Å². The van der Waals surface area contributed by atoms with Crippen molar-refractivity contribution < 1.29 is 14.6 Å². The highest BCUT2D eigenvalue weighted by molar-refractivity contribution is 6.30. The first-order valence-electron chi connectivity index (χ1n) is 7.04. The van der Waals surface area contributed by atoms with E-state index < -0.39 is 6.10 Å². The smallest absolute Gasteiger partial charge is 0.119 e. The van der Waals surface area contributed by atoms with E-state index in [1.165, 1.54) is 0 Å². The molecule has 1 fully saturated rings. The van der Waals surface area contributed by atoms with Gasteiger partial charge in [0.25, 0.3) is 0 Å². The van der Waals surface area contributed by atoms with Gasteiger partial charge < -0.3 is 19.9 Å². The average molecular weight is 300 g/mol. The molecule has 0 amide bonds. The maximum Gasteiger partial charge on any atom is 0.119 e. The van der Waals surface area contributed by atoms with Gasteiger partial charge in [0.05, 0.1) is 6.10 Å². The second kappa shape index (κ2) is 7.84. The average Bonchev–Trinajstić information content (AvgIpc) is 2.84. The molecule has 3 atom stereocenters. The summed E-state index contributed by atoms with van der Waals surface area (Å²) in [5, 5.41) is 13.8. The molecule has 5 heteroatoms. The van der Waals surface area contributed by atoms with E-state index in [-0.39, 0.29) is 6.61 Å². The maximum atomic E-state index is 9.86. The van der Waals surface area contributed by atoms with E-state index in [1.807, 2.05) is 0 Å². The summed E-state index contributed by atoms with van der Waals surface area (Å²) in [4.78, 5) is 0. The molecule has 1 aliphatic heterocycles.